The van der Waals surface area contributed by atoms with Gasteiger partial charge >= 0.3 is 0 Å². The number of aryl methyl sites for hydroxylation is 1. The number of aromatic nitrogens is 4. The van der Waals surface area contributed by atoms with Crippen LogP contribution in [0.1, 0.15) is 31.2 Å². The third kappa shape index (κ3) is 4.01. The second-order valence-electron chi connectivity index (χ2n) is 7.90. The zero-order chi connectivity index (χ0) is 19.5. The molecule has 8 heteroatoms. The van der Waals surface area contributed by atoms with Gasteiger partial charge in [0.1, 0.15) is 6.54 Å². The third-order valence-electron chi connectivity index (χ3n) is 5.86. The van der Waals surface area contributed by atoms with Crippen molar-refractivity contribution in [2.75, 3.05) is 37.6 Å². The van der Waals surface area contributed by atoms with Crippen molar-refractivity contribution in [3.8, 4) is 0 Å². The highest BCUT2D eigenvalue weighted by Crippen LogP contribution is 2.23. The number of amides is 1. The lowest BCUT2D eigenvalue weighted by atomic mass is 10.1. The van der Waals surface area contributed by atoms with E-state index in [2.05, 4.69) is 63.4 Å². The average Bonchev–Trinajstić information content (AvgIpc) is 3.35. The molecule has 2 aliphatic heterocycles. The standard InChI is InChI=1S/C20H29N7O/c1-16-7-3-4-8-18(16)25-11-12-26(17(2)13-25)20(28)15-27-19(21-22-23-27)14-24-9-5-6-10-24/h3-4,7-8,17H,5-6,9-15H2,1-2H3. The summed E-state index contributed by atoms with van der Waals surface area (Å²) in [5.41, 5.74) is 2.53. The number of para-hydroxylation sites is 1. The SMILES string of the molecule is Cc1ccccc1N1CCN(C(=O)Cn2nnnc2CN2CCCC2)C(C)C1. The molecule has 0 spiro atoms. The molecule has 28 heavy (non-hydrogen) atoms. The molecule has 1 aromatic carbocycles. The Hall–Kier alpha value is -2.48. The van der Waals surface area contributed by atoms with Crippen molar-refractivity contribution < 1.29 is 4.79 Å². The summed E-state index contributed by atoms with van der Waals surface area (Å²) in [7, 11) is 0. The molecule has 2 saturated heterocycles. The van der Waals surface area contributed by atoms with Crippen LogP contribution in [0.3, 0.4) is 0 Å². The van der Waals surface area contributed by atoms with Gasteiger partial charge in [0.25, 0.3) is 0 Å². The van der Waals surface area contributed by atoms with Crippen LogP contribution in [0.15, 0.2) is 24.3 Å². The van der Waals surface area contributed by atoms with E-state index >= 15 is 0 Å². The lowest BCUT2D eigenvalue weighted by Gasteiger charge is -2.41. The molecule has 0 bridgehead atoms. The molecule has 150 valence electrons. The quantitative estimate of drug-likeness (QED) is 0.776. The smallest absolute Gasteiger partial charge is 0.244 e. The first-order chi connectivity index (χ1) is 13.6. The molecule has 2 aromatic rings. The Kier molecular flexibility index (Phi) is 5.57. The fourth-order valence-electron chi connectivity index (χ4n) is 4.28. The summed E-state index contributed by atoms with van der Waals surface area (Å²) in [5, 5.41) is 12.0. The Morgan fingerprint density at radius 1 is 1.14 bits per heavy atom. The van der Waals surface area contributed by atoms with Crippen molar-refractivity contribution in [3.05, 3.63) is 35.7 Å². The first kappa shape index (κ1) is 18.9. The Balaban J connectivity index is 1.37. The number of anilines is 1. The molecule has 0 N–H and O–H groups in total. The maximum absolute atomic E-state index is 13.0. The highest BCUT2D eigenvalue weighted by atomic mass is 16.2. The van der Waals surface area contributed by atoms with Gasteiger partial charge in [-0.15, -0.1) is 5.10 Å². The van der Waals surface area contributed by atoms with Crippen molar-refractivity contribution in [3.63, 3.8) is 0 Å². The summed E-state index contributed by atoms with van der Waals surface area (Å²) >= 11 is 0. The van der Waals surface area contributed by atoms with Crippen molar-refractivity contribution in [1.82, 2.24) is 30.0 Å². The van der Waals surface area contributed by atoms with Crippen LogP contribution in [0.4, 0.5) is 5.69 Å². The van der Waals surface area contributed by atoms with E-state index in [-0.39, 0.29) is 18.5 Å². The maximum Gasteiger partial charge on any atom is 0.244 e. The Labute approximate surface area is 166 Å². The minimum atomic E-state index is 0.0897. The first-order valence-electron chi connectivity index (χ1n) is 10.2. The molecule has 2 aliphatic rings. The van der Waals surface area contributed by atoms with Gasteiger partial charge in [-0.25, -0.2) is 4.68 Å². The van der Waals surface area contributed by atoms with Crippen LogP contribution < -0.4 is 4.90 Å². The zero-order valence-corrected chi connectivity index (χ0v) is 16.8. The van der Waals surface area contributed by atoms with E-state index in [1.165, 1.54) is 24.1 Å². The highest BCUT2D eigenvalue weighted by Gasteiger charge is 2.29. The van der Waals surface area contributed by atoms with Gasteiger partial charge in [0, 0.05) is 31.4 Å². The molecular weight excluding hydrogens is 354 g/mol. The van der Waals surface area contributed by atoms with E-state index in [0.29, 0.717) is 0 Å². The van der Waals surface area contributed by atoms with Crippen LogP contribution in [0, 0.1) is 6.92 Å². The predicted octanol–water partition coefficient (Wildman–Crippen LogP) is 1.31. The summed E-state index contributed by atoms with van der Waals surface area (Å²) in [6, 6.07) is 8.58. The van der Waals surface area contributed by atoms with E-state index in [4.69, 9.17) is 0 Å². The molecular formula is C20H29N7O. The molecule has 0 aliphatic carbocycles. The van der Waals surface area contributed by atoms with E-state index in [1.54, 1.807) is 4.68 Å². The van der Waals surface area contributed by atoms with E-state index in [9.17, 15) is 4.79 Å². The van der Waals surface area contributed by atoms with Gasteiger partial charge in [-0.2, -0.15) is 0 Å². The fourth-order valence-corrected chi connectivity index (χ4v) is 4.28. The monoisotopic (exact) mass is 383 g/mol. The predicted molar refractivity (Wildman–Crippen MR) is 107 cm³/mol. The van der Waals surface area contributed by atoms with Gasteiger partial charge in [0.05, 0.1) is 6.54 Å². The van der Waals surface area contributed by atoms with Crippen molar-refractivity contribution in [1.29, 1.82) is 0 Å². The van der Waals surface area contributed by atoms with E-state index < -0.39 is 0 Å². The largest absolute Gasteiger partial charge is 0.367 e. The number of rotatable bonds is 5. The highest BCUT2D eigenvalue weighted by molar-refractivity contribution is 5.76. The summed E-state index contributed by atoms with van der Waals surface area (Å²) < 4.78 is 1.67. The topological polar surface area (TPSA) is 70.4 Å². The minimum absolute atomic E-state index is 0.0897. The zero-order valence-electron chi connectivity index (χ0n) is 16.8. The number of tetrazole rings is 1. The van der Waals surface area contributed by atoms with Crippen LogP contribution in [-0.2, 0) is 17.9 Å². The number of hydrogen-bond acceptors (Lipinski definition) is 6. The van der Waals surface area contributed by atoms with Crippen LogP contribution in [0.25, 0.3) is 0 Å². The number of carbonyl (C=O) groups is 1. The molecule has 8 nitrogen and oxygen atoms in total. The van der Waals surface area contributed by atoms with Crippen molar-refractivity contribution in [2.45, 2.75) is 45.8 Å². The van der Waals surface area contributed by atoms with Crippen LogP contribution in [0.5, 0.6) is 0 Å². The summed E-state index contributed by atoms with van der Waals surface area (Å²) in [6.07, 6.45) is 2.45. The summed E-state index contributed by atoms with van der Waals surface area (Å²) in [4.78, 5) is 19.6. The molecule has 1 aromatic heterocycles. The lowest BCUT2D eigenvalue weighted by Crippen LogP contribution is -2.55. The molecule has 1 unspecified atom stereocenters. The Morgan fingerprint density at radius 2 is 1.93 bits per heavy atom. The third-order valence-corrected chi connectivity index (χ3v) is 5.86. The Morgan fingerprint density at radius 3 is 2.68 bits per heavy atom. The minimum Gasteiger partial charge on any atom is -0.367 e. The molecule has 2 fully saturated rings. The summed E-state index contributed by atoms with van der Waals surface area (Å²) in [5.74, 6) is 0.869. The molecule has 1 amide bonds. The normalized spacial score (nSPS) is 20.7. The van der Waals surface area contributed by atoms with E-state index in [1.807, 2.05) is 4.90 Å². The van der Waals surface area contributed by atoms with Gasteiger partial charge in [0.15, 0.2) is 5.82 Å². The molecule has 1 atom stereocenters. The van der Waals surface area contributed by atoms with Gasteiger partial charge in [0.2, 0.25) is 5.91 Å². The number of nitrogens with zero attached hydrogens (tertiary/aromatic N) is 7. The van der Waals surface area contributed by atoms with Crippen LogP contribution in [-0.4, -0.2) is 74.7 Å². The molecule has 4 rings (SSSR count). The van der Waals surface area contributed by atoms with Gasteiger partial charge in [-0.3, -0.25) is 9.69 Å². The number of benzene rings is 1. The Bertz CT molecular complexity index is 814. The molecule has 0 radical (unpaired) electrons. The van der Waals surface area contributed by atoms with Gasteiger partial charge in [-0.05, 0) is 61.8 Å². The molecule has 3 heterocycles. The van der Waals surface area contributed by atoms with Gasteiger partial charge in [-0.1, -0.05) is 18.2 Å². The average molecular weight is 384 g/mol. The first-order valence-corrected chi connectivity index (χ1v) is 10.2. The maximum atomic E-state index is 13.0. The van der Waals surface area contributed by atoms with Crippen molar-refractivity contribution >= 4 is 11.6 Å². The lowest BCUT2D eigenvalue weighted by molar-refractivity contribution is -0.134. The second-order valence-corrected chi connectivity index (χ2v) is 7.90. The number of piperazine rings is 1. The van der Waals surface area contributed by atoms with E-state index in [0.717, 1.165) is 45.1 Å². The fraction of sp³-hybridized carbons (Fsp3) is 0.600. The number of carbonyl (C=O) groups excluding carboxylic acids is 1. The molecule has 0 saturated carbocycles. The number of likely N-dealkylation sites (tertiary alicyclic amines) is 1. The van der Waals surface area contributed by atoms with Crippen molar-refractivity contribution in [2.24, 2.45) is 0 Å². The number of hydrogen-bond donors (Lipinski definition) is 0. The van der Waals surface area contributed by atoms with Gasteiger partial charge < -0.3 is 9.80 Å². The van der Waals surface area contributed by atoms with Crippen LogP contribution >= 0.6 is 0 Å². The van der Waals surface area contributed by atoms with Crippen LogP contribution in [0.2, 0.25) is 0 Å². The second kappa shape index (κ2) is 8.26. The summed E-state index contributed by atoms with van der Waals surface area (Å²) in [6.45, 7) is 9.76.